The van der Waals surface area contributed by atoms with Gasteiger partial charge in [0.05, 0.1) is 20.5 Å². The van der Waals surface area contributed by atoms with Gasteiger partial charge in [-0.05, 0) is 66.2 Å². The normalized spacial score (nSPS) is 11.3. The van der Waals surface area contributed by atoms with E-state index in [1.165, 1.54) is 78.9 Å². The van der Waals surface area contributed by atoms with Gasteiger partial charge in [-0.1, -0.05) is 23.2 Å². The molecule has 0 heterocycles. The summed E-state index contributed by atoms with van der Waals surface area (Å²) in [5.41, 5.74) is 1.13. The first-order valence-corrected chi connectivity index (χ1v) is 11.2. The van der Waals surface area contributed by atoms with Gasteiger partial charge in [0.1, 0.15) is 0 Å². The monoisotopic (exact) mass is 491 g/mol. The zero-order valence-corrected chi connectivity index (χ0v) is 18.5. The molecule has 0 aliphatic carbocycles. The van der Waals surface area contributed by atoms with E-state index in [0.29, 0.717) is 16.3 Å². The predicted molar refractivity (Wildman–Crippen MR) is 124 cm³/mol. The Morgan fingerprint density at radius 1 is 0.969 bits per heavy atom. The fourth-order valence-electron chi connectivity index (χ4n) is 2.56. The molecule has 0 aliphatic heterocycles. The SMILES string of the molecule is O=C(/C=C/c1ccc([N+](=O)[O-])cc1)Nc1ccc(S(=O)(=O)Nc2ccc(Cl)cc2Cl)cc1. The molecule has 0 saturated heterocycles. The molecule has 32 heavy (non-hydrogen) atoms. The molecule has 0 bridgehead atoms. The van der Waals surface area contributed by atoms with E-state index in [9.17, 15) is 23.3 Å². The van der Waals surface area contributed by atoms with Crippen LogP contribution in [0.25, 0.3) is 6.08 Å². The van der Waals surface area contributed by atoms with Crippen LogP contribution in [0, 0.1) is 10.1 Å². The highest BCUT2D eigenvalue weighted by Gasteiger charge is 2.16. The molecule has 1 amide bonds. The van der Waals surface area contributed by atoms with E-state index in [-0.39, 0.29) is 21.3 Å². The quantitative estimate of drug-likeness (QED) is 0.262. The van der Waals surface area contributed by atoms with Crippen LogP contribution in [0.4, 0.5) is 17.1 Å². The Morgan fingerprint density at radius 2 is 1.62 bits per heavy atom. The molecule has 164 valence electrons. The zero-order chi connectivity index (χ0) is 23.3. The van der Waals surface area contributed by atoms with Crippen molar-refractivity contribution in [2.45, 2.75) is 4.90 Å². The minimum Gasteiger partial charge on any atom is -0.323 e. The molecule has 0 radical (unpaired) electrons. The highest BCUT2D eigenvalue weighted by atomic mass is 35.5. The topological polar surface area (TPSA) is 118 Å². The van der Waals surface area contributed by atoms with Crippen LogP contribution in [0.5, 0.6) is 0 Å². The summed E-state index contributed by atoms with van der Waals surface area (Å²) in [7, 11) is -3.90. The van der Waals surface area contributed by atoms with Gasteiger partial charge in [-0.3, -0.25) is 19.6 Å². The molecule has 0 spiro atoms. The number of hydrogen-bond donors (Lipinski definition) is 2. The number of sulfonamides is 1. The minimum atomic E-state index is -3.90. The average Bonchev–Trinajstić information content (AvgIpc) is 2.75. The van der Waals surface area contributed by atoms with Crippen molar-refractivity contribution in [3.8, 4) is 0 Å². The number of rotatable bonds is 7. The number of nitro benzene ring substituents is 1. The van der Waals surface area contributed by atoms with Crippen LogP contribution >= 0.6 is 23.2 Å². The van der Waals surface area contributed by atoms with Gasteiger partial charge in [-0.15, -0.1) is 0 Å². The molecule has 8 nitrogen and oxygen atoms in total. The number of hydrogen-bond acceptors (Lipinski definition) is 5. The minimum absolute atomic E-state index is 0.0251. The van der Waals surface area contributed by atoms with Crippen molar-refractivity contribution in [1.29, 1.82) is 0 Å². The lowest BCUT2D eigenvalue weighted by Crippen LogP contribution is -2.13. The second-order valence-electron chi connectivity index (χ2n) is 6.43. The molecule has 0 unspecified atom stereocenters. The van der Waals surface area contributed by atoms with Crippen LogP contribution in [0.15, 0.2) is 77.7 Å². The molecule has 0 aliphatic rings. The van der Waals surface area contributed by atoms with E-state index in [4.69, 9.17) is 23.2 Å². The summed E-state index contributed by atoms with van der Waals surface area (Å²) >= 11 is 11.8. The molecule has 3 rings (SSSR count). The molecule has 2 N–H and O–H groups in total. The smallest absolute Gasteiger partial charge is 0.269 e. The number of amides is 1. The number of carbonyl (C=O) groups is 1. The summed E-state index contributed by atoms with van der Waals surface area (Å²) in [6.45, 7) is 0. The van der Waals surface area contributed by atoms with E-state index in [0.717, 1.165) is 0 Å². The van der Waals surface area contributed by atoms with E-state index in [1.54, 1.807) is 0 Å². The van der Waals surface area contributed by atoms with Gasteiger partial charge in [-0.25, -0.2) is 8.42 Å². The number of anilines is 2. The fourth-order valence-corrected chi connectivity index (χ4v) is 4.15. The molecule has 0 atom stereocenters. The third-order valence-corrected chi connectivity index (χ3v) is 6.07. The Bertz CT molecular complexity index is 1290. The summed E-state index contributed by atoms with van der Waals surface area (Å²) in [5, 5.41) is 13.8. The fraction of sp³-hybridized carbons (Fsp3) is 0. The van der Waals surface area contributed by atoms with Crippen molar-refractivity contribution in [3.63, 3.8) is 0 Å². The second kappa shape index (κ2) is 9.82. The largest absolute Gasteiger partial charge is 0.323 e. The summed E-state index contributed by atoms with van der Waals surface area (Å²) in [5.74, 6) is -0.454. The lowest BCUT2D eigenvalue weighted by molar-refractivity contribution is -0.384. The van der Waals surface area contributed by atoms with Gasteiger partial charge in [0.25, 0.3) is 15.7 Å². The first-order valence-electron chi connectivity index (χ1n) is 8.95. The van der Waals surface area contributed by atoms with Crippen LogP contribution in [-0.4, -0.2) is 19.2 Å². The zero-order valence-electron chi connectivity index (χ0n) is 16.2. The summed E-state index contributed by atoms with van der Waals surface area (Å²) in [6, 6.07) is 15.6. The first kappa shape index (κ1) is 23.3. The Labute approximate surface area is 193 Å². The third kappa shape index (κ3) is 6.07. The van der Waals surface area contributed by atoms with Gasteiger partial charge in [0, 0.05) is 28.9 Å². The average molecular weight is 492 g/mol. The van der Waals surface area contributed by atoms with Crippen molar-refractivity contribution >= 4 is 62.3 Å². The number of halogens is 2. The van der Waals surface area contributed by atoms with Crippen LogP contribution in [0.2, 0.25) is 10.0 Å². The molecular formula is C21H15Cl2N3O5S. The Morgan fingerprint density at radius 3 is 2.22 bits per heavy atom. The highest BCUT2D eigenvalue weighted by Crippen LogP contribution is 2.28. The maximum Gasteiger partial charge on any atom is 0.269 e. The van der Waals surface area contributed by atoms with E-state index in [2.05, 4.69) is 10.0 Å². The predicted octanol–water partition coefficient (Wildman–Crippen LogP) is 5.35. The lowest BCUT2D eigenvalue weighted by atomic mass is 10.2. The van der Waals surface area contributed by atoms with Crippen LogP contribution in [-0.2, 0) is 14.8 Å². The number of nitrogens with zero attached hydrogens (tertiary/aromatic N) is 1. The maximum absolute atomic E-state index is 12.6. The summed E-state index contributed by atoms with van der Waals surface area (Å²) < 4.78 is 27.5. The molecule has 0 fully saturated rings. The van der Waals surface area contributed by atoms with Crippen LogP contribution in [0.1, 0.15) is 5.56 Å². The maximum atomic E-state index is 12.6. The Kier molecular flexibility index (Phi) is 7.14. The molecule has 3 aromatic rings. The molecular weight excluding hydrogens is 477 g/mol. The first-order chi connectivity index (χ1) is 15.1. The van der Waals surface area contributed by atoms with E-state index in [1.807, 2.05) is 0 Å². The van der Waals surface area contributed by atoms with Crippen molar-refractivity contribution in [3.05, 3.63) is 98.5 Å². The Balaban J connectivity index is 1.64. The van der Waals surface area contributed by atoms with Crippen LogP contribution < -0.4 is 10.0 Å². The lowest BCUT2D eigenvalue weighted by Gasteiger charge is -2.10. The highest BCUT2D eigenvalue weighted by molar-refractivity contribution is 7.92. The van der Waals surface area contributed by atoms with Crippen molar-refractivity contribution < 1.29 is 18.1 Å². The van der Waals surface area contributed by atoms with Crippen molar-refractivity contribution in [2.24, 2.45) is 0 Å². The molecule has 3 aromatic carbocycles. The van der Waals surface area contributed by atoms with E-state index < -0.39 is 20.9 Å². The Hall–Kier alpha value is -3.40. The number of nitrogens with one attached hydrogen (secondary N) is 2. The number of benzene rings is 3. The molecule has 0 saturated carbocycles. The molecule has 0 aromatic heterocycles. The summed E-state index contributed by atoms with van der Waals surface area (Å²) in [6.07, 6.45) is 2.76. The second-order valence-corrected chi connectivity index (χ2v) is 8.95. The number of nitro groups is 1. The third-order valence-electron chi connectivity index (χ3n) is 4.14. The van der Waals surface area contributed by atoms with Gasteiger partial charge in [0.2, 0.25) is 5.91 Å². The number of carbonyl (C=O) groups excluding carboxylic acids is 1. The van der Waals surface area contributed by atoms with Crippen LogP contribution in [0.3, 0.4) is 0 Å². The van der Waals surface area contributed by atoms with Gasteiger partial charge >= 0.3 is 0 Å². The van der Waals surface area contributed by atoms with Gasteiger partial charge in [0.15, 0.2) is 0 Å². The summed E-state index contributed by atoms with van der Waals surface area (Å²) in [4.78, 5) is 22.2. The van der Waals surface area contributed by atoms with E-state index >= 15 is 0 Å². The number of non-ortho nitro benzene ring substituents is 1. The van der Waals surface area contributed by atoms with Crippen molar-refractivity contribution in [2.75, 3.05) is 10.0 Å². The molecule has 11 heteroatoms. The van der Waals surface area contributed by atoms with Crippen molar-refractivity contribution in [1.82, 2.24) is 0 Å². The standard InChI is InChI=1S/C21H15Cl2N3O5S/c22-15-4-11-20(19(23)13-15)25-32(30,31)18-9-5-16(6-10-18)24-21(27)12-3-14-1-7-17(8-2-14)26(28)29/h1-13,25H,(H,24,27)/b12-3+. The van der Waals surface area contributed by atoms with Gasteiger partial charge < -0.3 is 5.32 Å². The van der Waals surface area contributed by atoms with Gasteiger partial charge in [-0.2, -0.15) is 0 Å².